The third kappa shape index (κ3) is 7.51. The van der Waals surface area contributed by atoms with Crippen LogP contribution in [-0.4, -0.2) is 0 Å². The lowest BCUT2D eigenvalue weighted by atomic mass is 9.86. The summed E-state index contributed by atoms with van der Waals surface area (Å²) in [6, 6.07) is 82.5. The number of benzene rings is 11. The number of para-hydroxylation sites is 6. The Labute approximate surface area is 447 Å². The van der Waals surface area contributed by atoms with Crippen molar-refractivity contribution in [1.29, 1.82) is 0 Å². The molecule has 372 valence electrons. The van der Waals surface area contributed by atoms with Gasteiger partial charge in [0.15, 0.2) is 11.2 Å². The number of hydrogen-bond acceptors (Lipinski definition) is 5. The fourth-order valence-corrected chi connectivity index (χ4v) is 11.9. The second-order valence-corrected chi connectivity index (χ2v) is 22.4. The zero-order chi connectivity index (χ0) is 52.2. The summed E-state index contributed by atoms with van der Waals surface area (Å²) in [5, 5.41) is 8.61. The van der Waals surface area contributed by atoms with E-state index in [4.69, 9.17) is 13.3 Å². The van der Waals surface area contributed by atoms with Gasteiger partial charge in [0.25, 0.3) is 0 Å². The van der Waals surface area contributed by atoms with Gasteiger partial charge in [-0.05, 0) is 63.7 Å². The largest absolute Gasteiger partial charge is 0.456 e. The van der Waals surface area contributed by atoms with Gasteiger partial charge in [-0.25, -0.2) is 0 Å². The highest BCUT2D eigenvalue weighted by Crippen LogP contribution is 2.52. The van der Waals surface area contributed by atoms with Gasteiger partial charge in [-0.2, -0.15) is 0 Å². The minimum Gasteiger partial charge on any atom is -0.456 e. The normalized spacial score (nSPS) is 12.3. The zero-order valence-corrected chi connectivity index (χ0v) is 44.1. The predicted molar refractivity (Wildman–Crippen MR) is 323 cm³/mol. The number of nitrogens with zero attached hydrogens (tertiary/aromatic N) is 2. The van der Waals surface area contributed by atoms with E-state index in [-0.39, 0.29) is 10.8 Å². The number of anilines is 6. The fraction of sp³-hybridized carbons (Fsp3) is 0.111. The Kier molecular flexibility index (Phi) is 10.6. The molecule has 0 saturated carbocycles. The van der Waals surface area contributed by atoms with E-state index in [1.54, 1.807) is 0 Å². The van der Waals surface area contributed by atoms with Crippen LogP contribution in [0.5, 0.6) is 0 Å². The monoisotopic (exact) mass is 996 g/mol. The molecular formula is C72H56N2O3. The van der Waals surface area contributed by atoms with Crippen LogP contribution in [0.2, 0.25) is 0 Å². The first-order chi connectivity index (χ1) is 37.5. The molecule has 0 aliphatic heterocycles. The molecule has 0 spiro atoms. The van der Waals surface area contributed by atoms with E-state index in [9.17, 15) is 0 Å². The second-order valence-electron chi connectivity index (χ2n) is 22.4. The topological polar surface area (TPSA) is 45.9 Å². The lowest BCUT2D eigenvalue weighted by molar-refractivity contribution is 0.572. The molecule has 77 heavy (non-hydrogen) atoms. The lowest BCUT2D eigenvalue weighted by Gasteiger charge is -2.29. The summed E-state index contributed by atoms with van der Waals surface area (Å²) < 4.78 is 21.6. The Hall–Kier alpha value is -9.32. The Morgan fingerprint density at radius 1 is 0.286 bits per heavy atom. The van der Waals surface area contributed by atoms with Gasteiger partial charge in [0.2, 0.25) is 0 Å². The summed E-state index contributed by atoms with van der Waals surface area (Å²) in [4.78, 5) is 4.74. The van der Waals surface area contributed by atoms with Crippen molar-refractivity contribution in [2.75, 3.05) is 9.80 Å². The van der Waals surface area contributed by atoms with Crippen LogP contribution in [0.15, 0.2) is 244 Å². The van der Waals surface area contributed by atoms with E-state index in [1.807, 2.05) is 0 Å². The molecule has 0 unspecified atom stereocenters. The van der Waals surface area contributed by atoms with Gasteiger partial charge in [0.1, 0.15) is 22.3 Å². The van der Waals surface area contributed by atoms with E-state index in [2.05, 4.69) is 282 Å². The van der Waals surface area contributed by atoms with Gasteiger partial charge in [0.05, 0.1) is 34.1 Å². The van der Waals surface area contributed by atoms with Gasteiger partial charge in [-0.3, -0.25) is 0 Å². The Morgan fingerprint density at radius 2 is 0.714 bits per heavy atom. The van der Waals surface area contributed by atoms with Crippen LogP contribution >= 0.6 is 0 Å². The molecule has 0 radical (unpaired) electrons. The molecule has 3 aromatic heterocycles. The van der Waals surface area contributed by atoms with E-state index < -0.39 is 0 Å². The number of rotatable bonds is 8. The average Bonchev–Trinajstić information content (AvgIpc) is 4.19. The van der Waals surface area contributed by atoms with Gasteiger partial charge >= 0.3 is 0 Å². The molecule has 0 atom stereocenters. The second kappa shape index (κ2) is 17.6. The highest BCUT2D eigenvalue weighted by Gasteiger charge is 2.29. The van der Waals surface area contributed by atoms with Crippen molar-refractivity contribution in [2.45, 2.75) is 52.4 Å². The van der Waals surface area contributed by atoms with E-state index in [0.717, 1.165) is 133 Å². The van der Waals surface area contributed by atoms with Crippen molar-refractivity contribution in [3.63, 3.8) is 0 Å². The van der Waals surface area contributed by atoms with Crippen molar-refractivity contribution in [2.24, 2.45) is 0 Å². The predicted octanol–water partition coefficient (Wildman–Crippen LogP) is 21.4. The summed E-state index contributed by atoms with van der Waals surface area (Å²) in [7, 11) is 0. The van der Waals surface area contributed by atoms with Gasteiger partial charge < -0.3 is 23.1 Å². The Balaban J connectivity index is 1.02. The van der Waals surface area contributed by atoms with Gasteiger partial charge in [-0.1, -0.05) is 224 Å². The van der Waals surface area contributed by atoms with Gasteiger partial charge in [-0.15, -0.1) is 0 Å². The summed E-state index contributed by atoms with van der Waals surface area (Å²) >= 11 is 0. The Morgan fingerprint density at radius 3 is 1.26 bits per heavy atom. The molecule has 0 amide bonds. The van der Waals surface area contributed by atoms with Crippen LogP contribution in [0, 0.1) is 0 Å². The molecular weight excluding hydrogens is 941 g/mol. The van der Waals surface area contributed by atoms with E-state index in [0.29, 0.717) is 0 Å². The number of hydrogen-bond donors (Lipinski definition) is 0. The Bertz CT molecular complexity index is 4600. The third-order valence-electron chi connectivity index (χ3n) is 15.5. The van der Waals surface area contributed by atoms with E-state index >= 15 is 0 Å². The first-order valence-electron chi connectivity index (χ1n) is 26.7. The molecule has 0 saturated heterocycles. The summed E-state index contributed by atoms with van der Waals surface area (Å²) in [5.41, 5.74) is 17.4. The smallest absolute Gasteiger partial charge is 0.159 e. The van der Waals surface area contributed by atoms with Crippen LogP contribution in [0.25, 0.3) is 98.8 Å². The summed E-state index contributed by atoms with van der Waals surface area (Å²) in [5.74, 6) is 0. The van der Waals surface area contributed by atoms with Crippen LogP contribution in [0.1, 0.15) is 52.7 Å². The van der Waals surface area contributed by atoms with Crippen LogP contribution in [-0.2, 0) is 10.8 Å². The van der Waals surface area contributed by atoms with Crippen molar-refractivity contribution >= 4 is 111 Å². The quantitative estimate of drug-likeness (QED) is 0.152. The highest BCUT2D eigenvalue weighted by molar-refractivity contribution is 6.24. The minimum atomic E-state index is -0.130. The standard InChI is InChI=1S/C72H56N2O3/c1-71(2,3)57-35-19-31-52-54-33-21-39-61(69(54)76-67(52)57)73(59-37-17-15-27-48(59)45-23-9-7-10-24-45)47-41-42-56-64(43-47)75-65-44-63(50-29-13-14-30-51(50)66(56)65)74(60-38-18-16-28-49(60)46-25-11-8-12-26-46)62-40-22-34-55-53-32-20-36-58(72(4,5)6)68(53)77-70(55)62/h7-44H,1-6H3. The first-order valence-corrected chi connectivity index (χ1v) is 26.7. The molecule has 14 aromatic rings. The molecule has 0 N–H and O–H groups in total. The fourth-order valence-electron chi connectivity index (χ4n) is 11.9. The van der Waals surface area contributed by atoms with Crippen molar-refractivity contribution in [1.82, 2.24) is 0 Å². The van der Waals surface area contributed by atoms with Crippen LogP contribution in [0.3, 0.4) is 0 Å². The molecule has 5 nitrogen and oxygen atoms in total. The lowest BCUT2D eigenvalue weighted by Crippen LogP contribution is -2.12. The van der Waals surface area contributed by atoms with Crippen molar-refractivity contribution in [3.8, 4) is 22.3 Å². The summed E-state index contributed by atoms with van der Waals surface area (Å²) in [6.07, 6.45) is 0. The maximum atomic E-state index is 7.29. The maximum absolute atomic E-state index is 7.29. The maximum Gasteiger partial charge on any atom is 0.159 e. The molecule has 11 aromatic carbocycles. The SMILES string of the molecule is CC(C)(C)c1cccc2c1oc1c(N(c3ccc4c(c3)oc3cc(N(c5ccccc5-c5ccccc5)c5cccc6c5oc5c(C(C)(C)C)cccc56)c5ccccc5c34)c3ccccc3-c3ccccc3)cccc12. The van der Waals surface area contributed by atoms with E-state index in [1.165, 1.54) is 11.1 Å². The van der Waals surface area contributed by atoms with Crippen molar-refractivity contribution < 1.29 is 13.3 Å². The van der Waals surface area contributed by atoms with Crippen LogP contribution < -0.4 is 9.80 Å². The zero-order valence-electron chi connectivity index (χ0n) is 44.1. The first kappa shape index (κ1) is 46.2. The average molecular weight is 997 g/mol. The van der Waals surface area contributed by atoms with Gasteiger partial charge in [0, 0.05) is 72.1 Å². The molecule has 3 heterocycles. The third-order valence-corrected chi connectivity index (χ3v) is 15.5. The number of furan rings is 3. The molecule has 0 fully saturated rings. The molecule has 14 rings (SSSR count). The molecule has 5 heteroatoms. The molecule has 0 bridgehead atoms. The minimum absolute atomic E-state index is 0.122. The molecule has 0 aliphatic carbocycles. The highest BCUT2D eigenvalue weighted by atomic mass is 16.3. The van der Waals surface area contributed by atoms with Crippen molar-refractivity contribution in [3.05, 3.63) is 242 Å². The van der Waals surface area contributed by atoms with Crippen LogP contribution in [0.4, 0.5) is 34.1 Å². The number of fused-ring (bicyclic) bond motifs is 11. The molecule has 0 aliphatic rings. The summed E-state index contributed by atoms with van der Waals surface area (Å²) in [6.45, 7) is 13.5.